The number of carbonyl (C=O) groups is 1. The van der Waals surface area contributed by atoms with Crippen molar-refractivity contribution in [2.24, 2.45) is 0 Å². The smallest absolute Gasteiger partial charge is 0.120 e. The first-order valence-electron chi connectivity index (χ1n) is 5.50. The number of aryl methyl sites for hydroxylation is 1. The lowest BCUT2D eigenvalue weighted by molar-refractivity contribution is -0.107. The maximum absolute atomic E-state index is 10.3. The Hall–Kier alpha value is -1.15. The minimum Gasteiger partial charge on any atom is -0.381 e. The van der Waals surface area contributed by atoms with Crippen molar-refractivity contribution >= 4 is 6.29 Å². The van der Waals surface area contributed by atoms with Crippen LogP contribution in [0.1, 0.15) is 29.9 Å². The van der Waals surface area contributed by atoms with Gasteiger partial charge >= 0.3 is 0 Å². The zero-order valence-electron chi connectivity index (χ0n) is 8.82. The second kappa shape index (κ2) is 5.08. The van der Waals surface area contributed by atoms with Crippen LogP contribution in [0, 0.1) is 0 Å². The molecule has 80 valence electrons. The Morgan fingerprint density at radius 1 is 1.47 bits per heavy atom. The van der Waals surface area contributed by atoms with Crippen LogP contribution in [0.4, 0.5) is 0 Å². The van der Waals surface area contributed by atoms with Gasteiger partial charge in [0.1, 0.15) is 6.29 Å². The molecule has 0 spiro atoms. The van der Waals surface area contributed by atoms with Crippen LogP contribution in [-0.2, 0) is 16.0 Å². The van der Waals surface area contributed by atoms with E-state index in [1.54, 1.807) is 0 Å². The number of aldehydes is 1. The number of rotatable bonds is 4. The topological polar surface area (TPSA) is 26.3 Å². The predicted octanol–water partition coefficient (Wildman–Crippen LogP) is 2.32. The Morgan fingerprint density at radius 3 is 3.13 bits per heavy atom. The van der Waals surface area contributed by atoms with Crippen LogP contribution in [0.2, 0.25) is 0 Å². The average Bonchev–Trinajstić information content (AvgIpc) is 2.80. The molecule has 2 heteroatoms. The molecule has 0 aromatic heterocycles. The van der Waals surface area contributed by atoms with Crippen molar-refractivity contribution in [1.29, 1.82) is 0 Å². The third-order valence-electron chi connectivity index (χ3n) is 2.90. The van der Waals surface area contributed by atoms with Gasteiger partial charge in [-0.2, -0.15) is 0 Å². The summed E-state index contributed by atoms with van der Waals surface area (Å²) in [5.41, 5.74) is 2.61. The summed E-state index contributed by atoms with van der Waals surface area (Å²) >= 11 is 0. The fourth-order valence-electron chi connectivity index (χ4n) is 2.03. The van der Waals surface area contributed by atoms with Crippen molar-refractivity contribution in [1.82, 2.24) is 0 Å². The second-order valence-corrected chi connectivity index (χ2v) is 4.01. The Balaban J connectivity index is 2.07. The molecule has 0 amide bonds. The number of carbonyl (C=O) groups excluding carboxylic acids is 1. The highest BCUT2D eigenvalue weighted by atomic mass is 16.5. The molecular weight excluding hydrogens is 188 g/mol. The Kier molecular flexibility index (Phi) is 3.51. The Bertz CT molecular complexity index is 327. The van der Waals surface area contributed by atoms with Crippen LogP contribution in [0.25, 0.3) is 0 Å². The van der Waals surface area contributed by atoms with Crippen molar-refractivity contribution in [2.75, 3.05) is 13.2 Å². The molecule has 0 bridgehead atoms. The monoisotopic (exact) mass is 204 g/mol. The number of hydrogen-bond donors (Lipinski definition) is 0. The third-order valence-corrected chi connectivity index (χ3v) is 2.90. The van der Waals surface area contributed by atoms with Gasteiger partial charge in [-0.25, -0.2) is 0 Å². The van der Waals surface area contributed by atoms with Gasteiger partial charge in [0.15, 0.2) is 0 Å². The van der Waals surface area contributed by atoms with Crippen LogP contribution in [0.3, 0.4) is 0 Å². The van der Waals surface area contributed by atoms with Crippen molar-refractivity contribution in [3.63, 3.8) is 0 Å². The molecule has 1 aromatic rings. The minimum absolute atomic E-state index is 0.557. The summed E-state index contributed by atoms with van der Waals surface area (Å²) in [5.74, 6) is 0.557. The lowest BCUT2D eigenvalue weighted by Crippen LogP contribution is -1.98. The molecule has 1 aliphatic rings. The maximum Gasteiger partial charge on any atom is 0.120 e. The molecule has 2 rings (SSSR count). The first-order valence-corrected chi connectivity index (χ1v) is 5.50. The van der Waals surface area contributed by atoms with Gasteiger partial charge in [0, 0.05) is 18.9 Å². The Labute approximate surface area is 90.3 Å². The lowest BCUT2D eigenvalue weighted by Gasteiger charge is -2.09. The van der Waals surface area contributed by atoms with Crippen molar-refractivity contribution in [3.8, 4) is 0 Å². The molecule has 1 atom stereocenters. The average molecular weight is 204 g/mol. The molecule has 0 N–H and O–H groups in total. The molecule has 1 heterocycles. The summed E-state index contributed by atoms with van der Waals surface area (Å²) in [6, 6.07) is 8.53. The van der Waals surface area contributed by atoms with E-state index in [0.717, 1.165) is 32.3 Å². The van der Waals surface area contributed by atoms with Crippen LogP contribution in [-0.4, -0.2) is 19.5 Å². The van der Waals surface area contributed by atoms with E-state index in [-0.39, 0.29) is 0 Å². The quantitative estimate of drug-likeness (QED) is 0.703. The first kappa shape index (κ1) is 10.4. The van der Waals surface area contributed by atoms with Crippen LogP contribution in [0.15, 0.2) is 24.3 Å². The normalized spacial score (nSPS) is 20.4. The maximum atomic E-state index is 10.3. The van der Waals surface area contributed by atoms with Crippen LogP contribution >= 0.6 is 0 Å². The highest BCUT2D eigenvalue weighted by Gasteiger charge is 2.17. The molecule has 0 radical (unpaired) electrons. The molecule has 1 aromatic carbocycles. The summed E-state index contributed by atoms with van der Waals surface area (Å²) in [6.07, 6.45) is 3.57. The SMILES string of the molecule is O=CCCc1cccc(C2CCOC2)c1. The van der Waals surface area contributed by atoms with Crippen molar-refractivity contribution < 1.29 is 9.53 Å². The van der Waals surface area contributed by atoms with E-state index in [1.165, 1.54) is 11.1 Å². The van der Waals surface area contributed by atoms with E-state index in [2.05, 4.69) is 24.3 Å². The van der Waals surface area contributed by atoms with Gasteiger partial charge in [-0.05, 0) is 24.0 Å². The third kappa shape index (κ3) is 2.66. The summed E-state index contributed by atoms with van der Waals surface area (Å²) in [5, 5.41) is 0. The molecule has 15 heavy (non-hydrogen) atoms. The molecule has 2 nitrogen and oxygen atoms in total. The largest absolute Gasteiger partial charge is 0.381 e. The second-order valence-electron chi connectivity index (χ2n) is 4.01. The number of hydrogen-bond acceptors (Lipinski definition) is 2. The number of ether oxygens (including phenoxy) is 1. The lowest BCUT2D eigenvalue weighted by atomic mass is 9.96. The van der Waals surface area contributed by atoms with E-state index in [0.29, 0.717) is 12.3 Å². The van der Waals surface area contributed by atoms with E-state index in [1.807, 2.05) is 0 Å². The zero-order valence-corrected chi connectivity index (χ0v) is 8.82. The molecular formula is C13H16O2. The summed E-state index contributed by atoms with van der Waals surface area (Å²) in [4.78, 5) is 10.3. The number of benzene rings is 1. The molecule has 0 aliphatic carbocycles. The molecule has 1 unspecified atom stereocenters. The van der Waals surface area contributed by atoms with Crippen molar-refractivity contribution in [3.05, 3.63) is 35.4 Å². The summed E-state index contributed by atoms with van der Waals surface area (Å²) in [7, 11) is 0. The minimum atomic E-state index is 0.557. The highest BCUT2D eigenvalue weighted by Crippen LogP contribution is 2.25. The van der Waals surface area contributed by atoms with E-state index >= 15 is 0 Å². The van der Waals surface area contributed by atoms with Gasteiger partial charge in [0.2, 0.25) is 0 Å². The van der Waals surface area contributed by atoms with Gasteiger partial charge in [0.25, 0.3) is 0 Å². The van der Waals surface area contributed by atoms with Gasteiger partial charge in [-0.1, -0.05) is 24.3 Å². The summed E-state index contributed by atoms with van der Waals surface area (Å²) < 4.78 is 5.38. The first-order chi connectivity index (χ1) is 7.40. The fraction of sp³-hybridized carbons (Fsp3) is 0.462. The zero-order chi connectivity index (χ0) is 10.5. The molecule has 1 aliphatic heterocycles. The molecule has 1 fully saturated rings. The van der Waals surface area contributed by atoms with E-state index in [4.69, 9.17) is 4.74 Å². The fourth-order valence-corrected chi connectivity index (χ4v) is 2.03. The summed E-state index contributed by atoms with van der Waals surface area (Å²) in [6.45, 7) is 1.72. The van der Waals surface area contributed by atoms with Gasteiger partial charge in [-0.15, -0.1) is 0 Å². The van der Waals surface area contributed by atoms with Crippen LogP contribution in [0.5, 0.6) is 0 Å². The predicted molar refractivity (Wildman–Crippen MR) is 59.0 cm³/mol. The van der Waals surface area contributed by atoms with E-state index < -0.39 is 0 Å². The Morgan fingerprint density at radius 2 is 2.40 bits per heavy atom. The van der Waals surface area contributed by atoms with Crippen LogP contribution < -0.4 is 0 Å². The van der Waals surface area contributed by atoms with Gasteiger partial charge < -0.3 is 9.53 Å². The van der Waals surface area contributed by atoms with Gasteiger partial charge in [-0.3, -0.25) is 0 Å². The van der Waals surface area contributed by atoms with Gasteiger partial charge in [0.05, 0.1) is 6.61 Å². The van der Waals surface area contributed by atoms with E-state index in [9.17, 15) is 4.79 Å². The standard InChI is InChI=1S/C13H16O2/c14-7-2-4-11-3-1-5-12(9-11)13-6-8-15-10-13/h1,3,5,7,9,13H,2,4,6,8,10H2. The molecule has 1 saturated heterocycles. The van der Waals surface area contributed by atoms with Crippen molar-refractivity contribution in [2.45, 2.75) is 25.2 Å². The molecule has 0 saturated carbocycles. The highest BCUT2D eigenvalue weighted by molar-refractivity contribution is 5.50.